The number of piperidine rings is 2. The van der Waals surface area contributed by atoms with E-state index in [-0.39, 0.29) is 42.9 Å². The van der Waals surface area contributed by atoms with Gasteiger partial charge in [0.25, 0.3) is 0 Å². The third-order valence-electron chi connectivity index (χ3n) is 13.4. The van der Waals surface area contributed by atoms with Crippen LogP contribution in [0.5, 0.6) is 0 Å². The number of aromatic carboxylic acids is 1. The Hall–Kier alpha value is -6.18. The molecular weight excluding hydrogens is 803 g/mol. The van der Waals surface area contributed by atoms with Crippen LogP contribution in [-0.2, 0) is 26.3 Å². The Bertz CT molecular complexity index is 2500. The summed E-state index contributed by atoms with van der Waals surface area (Å²) in [5, 5.41) is 30.5. The highest BCUT2D eigenvalue weighted by Gasteiger charge is 2.38. The molecule has 2 saturated heterocycles. The highest BCUT2D eigenvalue weighted by molar-refractivity contribution is 5.93. The van der Waals surface area contributed by atoms with Crippen molar-refractivity contribution in [2.75, 3.05) is 0 Å². The second-order valence-corrected chi connectivity index (χ2v) is 17.5. The molecule has 2 aromatic carbocycles. The molecule has 0 saturated carbocycles. The summed E-state index contributed by atoms with van der Waals surface area (Å²) < 4.78 is 0. The lowest BCUT2D eigenvalue weighted by Gasteiger charge is -2.43. The van der Waals surface area contributed by atoms with Crippen LogP contribution in [0.3, 0.4) is 0 Å². The molecule has 8 rings (SSSR count). The molecule has 6 aromatic rings. The highest BCUT2D eigenvalue weighted by atomic mass is 16.4. The van der Waals surface area contributed by atoms with Crippen LogP contribution in [0.15, 0.2) is 97.6 Å². The molecule has 4 atom stereocenters. The first-order chi connectivity index (χ1) is 30.9. The molecule has 12 nitrogen and oxygen atoms in total. The number of hydrogen-bond acceptors (Lipinski definition) is 10. The molecule has 1 amide bonds. The van der Waals surface area contributed by atoms with Crippen molar-refractivity contribution in [2.24, 2.45) is 5.73 Å². The van der Waals surface area contributed by atoms with Crippen molar-refractivity contribution in [1.29, 1.82) is 0 Å². The zero-order chi connectivity index (χ0) is 45.1. The van der Waals surface area contributed by atoms with Crippen LogP contribution in [0, 0.1) is 27.7 Å². The number of carboxylic acids is 1. The van der Waals surface area contributed by atoms with Crippen molar-refractivity contribution in [3.05, 3.63) is 176 Å². The number of likely N-dealkylation sites (tertiary alicyclic amines) is 2. The molecular formula is C52H57N7O5. The van der Waals surface area contributed by atoms with Gasteiger partial charge in [-0.15, -0.1) is 0 Å². The molecule has 6 heterocycles. The second-order valence-electron chi connectivity index (χ2n) is 17.5. The summed E-state index contributed by atoms with van der Waals surface area (Å²) in [5.41, 5.74) is 19.5. The maximum Gasteiger partial charge on any atom is 0.335 e. The van der Waals surface area contributed by atoms with Gasteiger partial charge in [0.1, 0.15) is 0 Å². The van der Waals surface area contributed by atoms with E-state index < -0.39 is 11.9 Å². The molecule has 0 bridgehead atoms. The van der Waals surface area contributed by atoms with E-state index in [1.165, 1.54) is 0 Å². The minimum atomic E-state index is -1.03. The van der Waals surface area contributed by atoms with E-state index in [0.717, 1.165) is 106 Å². The number of aryl methyl sites for hydroxylation is 4. The van der Waals surface area contributed by atoms with Gasteiger partial charge < -0.3 is 21.1 Å². The van der Waals surface area contributed by atoms with Gasteiger partial charge in [-0.3, -0.25) is 34.5 Å². The number of primary amides is 1. The molecule has 0 spiro atoms. The minimum Gasteiger partial charge on any atom is -0.478 e. The number of carbonyl (C=O) groups is 2. The van der Waals surface area contributed by atoms with Crippen LogP contribution in [0.25, 0.3) is 11.1 Å². The molecule has 0 aliphatic carbocycles. The number of pyridine rings is 4. The van der Waals surface area contributed by atoms with E-state index >= 15 is 0 Å². The van der Waals surface area contributed by atoms with E-state index in [1.54, 1.807) is 24.3 Å². The smallest absolute Gasteiger partial charge is 0.335 e. The number of aliphatic hydroxyl groups excluding tert-OH is 2. The quantitative estimate of drug-likeness (QED) is 0.0872. The number of hydrogen-bond donors (Lipinski definition) is 4. The molecule has 0 unspecified atom stereocenters. The summed E-state index contributed by atoms with van der Waals surface area (Å²) in [4.78, 5) is 48.9. The van der Waals surface area contributed by atoms with Crippen molar-refractivity contribution in [1.82, 2.24) is 29.7 Å². The number of nitrogens with two attached hydrogens (primary N) is 1. The lowest BCUT2D eigenvalue weighted by Crippen LogP contribution is -2.38. The third-order valence-corrected chi connectivity index (χ3v) is 13.4. The summed E-state index contributed by atoms with van der Waals surface area (Å²) in [6.45, 7) is 8.98. The van der Waals surface area contributed by atoms with Crippen LogP contribution >= 0.6 is 0 Å². The number of carboxylic acid groups (broad SMARTS) is 1. The number of aliphatic hydroxyl groups is 2. The van der Waals surface area contributed by atoms with Crippen LogP contribution in [0.1, 0.15) is 151 Å². The van der Waals surface area contributed by atoms with Gasteiger partial charge in [0.05, 0.1) is 65.7 Å². The number of rotatable bonds is 13. The number of aromatic nitrogens is 4. The molecule has 2 aliphatic rings. The maximum atomic E-state index is 12.0. The van der Waals surface area contributed by atoms with Gasteiger partial charge in [0.2, 0.25) is 5.91 Å². The number of nitrogens with zero attached hydrogens (tertiary/aromatic N) is 6. The predicted molar refractivity (Wildman–Crippen MR) is 245 cm³/mol. The van der Waals surface area contributed by atoms with E-state index in [4.69, 9.17) is 25.7 Å². The van der Waals surface area contributed by atoms with Crippen LogP contribution in [0.4, 0.5) is 0 Å². The van der Waals surface area contributed by atoms with Gasteiger partial charge in [-0.1, -0.05) is 24.3 Å². The van der Waals surface area contributed by atoms with Crippen LogP contribution < -0.4 is 5.73 Å². The SMILES string of the molecule is Cc1cccnc1[C@H]1CCC[C@@H](c2ncc(-c3cnc([C@H]4CCC[C@@H](c5ncccc5C)N4Cc4ccc(C(=O)O)cc4CO)c(C)c3)cc2C)N1Cc1ccc(C(N)=O)cc1CO. The van der Waals surface area contributed by atoms with Crippen molar-refractivity contribution < 1.29 is 24.9 Å². The van der Waals surface area contributed by atoms with Crippen molar-refractivity contribution in [3.63, 3.8) is 0 Å². The van der Waals surface area contributed by atoms with Gasteiger partial charge >= 0.3 is 5.97 Å². The highest BCUT2D eigenvalue weighted by Crippen LogP contribution is 2.46. The Balaban J connectivity index is 1.12. The lowest BCUT2D eigenvalue weighted by atomic mass is 9.87. The zero-order valence-electron chi connectivity index (χ0n) is 37.0. The van der Waals surface area contributed by atoms with E-state index in [2.05, 4.69) is 61.8 Å². The van der Waals surface area contributed by atoms with E-state index in [1.807, 2.05) is 49.1 Å². The summed E-state index contributed by atoms with van der Waals surface area (Å²) in [6.07, 6.45) is 13.2. The predicted octanol–water partition coefficient (Wildman–Crippen LogP) is 8.89. The molecule has 2 fully saturated rings. The normalized spacial score (nSPS) is 19.4. The third kappa shape index (κ3) is 9.09. The average Bonchev–Trinajstić information content (AvgIpc) is 3.30. The molecule has 64 heavy (non-hydrogen) atoms. The zero-order valence-corrected chi connectivity index (χ0v) is 37.0. The topological polar surface area (TPSA) is 179 Å². The number of benzene rings is 2. The molecule has 330 valence electrons. The first kappa shape index (κ1) is 44.4. The Morgan fingerprint density at radius 2 is 0.969 bits per heavy atom. The Morgan fingerprint density at radius 1 is 0.562 bits per heavy atom. The Labute approximate surface area is 374 Å². The Morgan fingerprint density at radius 3 is 1.34 bits per heavy atom. The van der Waals surface area contributed by atoms with Gasteiger partial charge in [0, 0.05) is 54.6 Å². The molecule has 5 N–H and O–H groups in total. The van der Waals surface area contributed by atoms with Gasteiger partial charge in [0.15, 0.2) is 0 Å². The summed E-state index contributed by atoms with van der Waals surface area (Å²) in [5.74, 6) is -1.55. The summed E-state index contributed by atoms with van der Waals surface area (Å²) in [7, 11) is 0. The second kappa shape index (κ2) is 19.3. The fourth-order valence-electron chi connectivity index (χ4n) is 10.1. The van der Waals surface area contributed by atoms with Crippen molar-refractivity contribution in [2.45, 2.75) is 117 Å². The minimum absolute atomic E-state index is 0.00353. The lowest BCUT2D eigenvalue weighted by molar-refractivity contribution is 0.0669. The molecule has 0 radical (unpaired) electrons. The first-order valence-corrected chi connectivity index (χ1v) is 22.2. The molecule has 12 heteroatoms. The average molecular weight is 860 g/mol. The fraction of sp³-hybridized carbons (Fsp3) is 0.346. The first-order valence-electron chi connectivity index (χ1n) is 22.2. The monoisotopic (exact) mass is 859 g/mol. The van der Waals surface area contributed by atoms with Gasteiger partial charge in [-0.25, -0.2) is 4.79 Å². The van der Waals surface area contributed by atoms with Crippen LogP contribution in [-0.4, -0.2) is 56.9 Å². The van der Waals surface area contributed by atoms with Crippen molar-refractivity contribution in [3.8, 4) is 11.1 Å². The molecule has 4 aromatic heterocycles. The summed E-state index contributed by atoms with van der Waals surface area (Å²) >= 11 is 0. The fourth-order valence-corrected chi connectivity index (χ4v) is 10.1. The van der Waals surface area contributed by atoms with E-state index in [0.29, 0.717) is 29.8 Å². The Kier molecular flexibility index (Phi) is 13.4. The largest absolute Gasteiger partial charge is 0.478 e. The number of amides is 1. The molecule has 2 aliphatic heterocycles. The van der Waals surface area contributed by atoms with Gasteiger partial charge in [-0.05, 0) is 159 Å². The summed E-state index contributed by atoms with van der Waals surface area (Å²) in [6, 6.07) is 22.8. The van der Waals surface area contributed by atoms with Gasteiger partial charge in [-0.2, -0.15) is 0 Å². The van der Waals surface area contributed by atoms with Crippen LogP contribution in [0.2, 0.25) is 0 Å². The van der Waals surface area contributed by atoms with E-state index in [9.17, 15) is 24.9 Å². The number of carbonyl (C=O) groups excluding carboxylic acids is 1. The van der Waals surface area contributed by atoms with Crippen molar-refractivity contribution >= 4 is 11.9 Å². The maximum absolute atomic E-state index is 12.0. The standard InChI is InChI=1S/C52H57N7O5/c1-31-9-7-19-54-47(31)43-11-5-13-45(58(43)27-37-17-15-35(51(53)62)23-41(37)29-60)49-33(3)21-39(25-56-49)40-22-34(4)50(57-26-40)46-14-6-12-44(48-32(2)10-8-20-55-48)59(46)28-38-18-16-36(52(63)64)24-42(38)30-61/h7-10,15-26,43-46,60-61H,5-6,11-14,27-30H2,1-4H3,(H2,53,62)(H,63,64)/t43-,44+,45+,46-/m1/s1.